The molecule has 0 saturated carbocycles. The van der Waals surface area contributed by atoms with Crippen molar-refractivity contribution in [1.82, 2.24) is 0 Å². The summed E-state index contributed by atoms with van der Waals surface area (Å²) in [7, 11) is -9.92. The number of carbonyl (C=O) groups is 4. The van der Waals surface area contributed by atoms with Crippen molar-refractivity contribution in [2.75, 3.05) is 39.6 Å². The van der Waals surface area contributed by atoms with E-state index in [4.69, 9.17) is 37.0 Å². The summed E-state index contributed by atoms with van der Waals surface area (Å²) in [6, 6.07) is 0. The molecule has 0 heterocycles. The molecule has 6 atom stereocenters. The molecule has 0 spiro atoms. The number of esters is 4. The molecule has 0 aliphatic carbocycles. The minimum atomic E-state index is -4.96. The quantitative estimate of drug-likeness (QED) is 0.0222. The van der Waals surface area contributed by atoms with Gasteiger partial charge in [-0.05, 0) is 31.6 Å². The Morgan fingerprint density at radius 2 is 0.480 bits per heavy atom. The van der Waals surface area contributed by atoms with Crippen LogP contribution in [0.1, 0.15) is 433 Å². The van der Waals surface area contributed by atoms with Crippen molar-refractivity contribution in [3.63, 3.8) is 0 Å². The van der Waals surface area contributed by atoms with Crippen LogP contribution < -0.4 is 0 Å². The van der Waals surface area contributed by atoms with Crippen molar-refractivity contribution >= 4 is 39.5 Å². The van der Waals surface area contributed by atoms with Gasteiger partial charge in [0.1, 0.15) is 19.3 Å². The van der Waals surface area contributed by atoms with E-state index in [1.54, 1.807) is 0 Å². The molecule has 3 unspecified atom stereocenters. The fourth-order valence-electron chi connectivity index (χ4n) is 12.6. The molecular weight excluding hydrogens is 1310 g/mol. The van der Waals surface area contributed by atoms with Gasteiger partial charge in [-0.1, -0.05) is 381 Å². The van der Waals surface area contributed by atoms with E-state index in [2.05, 4.69) is 34.6 Å². The molecule has 0 amide bonds. The van der Waals surface area contributed by atoms with E-state index in [1.807, 2.05) is 0 Å². The highest BCUT2D eigenvalue weighted by atomic mass is 31.2. The van der Waals surface area contributed by atoms with Gasteiger partial charge < -0.3 is 33.8 Å². The van der Waals surface area contributed by atoms with Crippen LogP contribution in [0.25, 0.3) is 0 Å². The van der Waals surface area contributed by atoms with Gasteiger partial charge in [0.2, 0.25) is 0 Å². The van der Waals surface area contributed by atoms with E-state index in [1.165, 1.54) is 257 Å². The normalized spacial score (nSPS) is 14.1. The molecule has 3 N–H and O–H groups in total. The van der Waals surface area contributed by atoms with Crippen molar-refractivity contribution in [3.05, 3.63) is 0 Å². The molecule has 0 radical (unpaired) electrons. The lowest BCUT2D eigenvalue weighted by atomic mass is 9.99. The maximum Gasteiger partial charge on any atom is 0.472 e. The third-order valence-corrected chi connectivity index (χ3v) is 21.3. The van der Waals surface area contributed by atoms with E-state index in [0.717, 1.165) is 95.8 Å². The van der Waals surface area contributed by atoms with Crippen molar-refractivity contribution < 1.29 is 80.2 Å². The third-order valence-electron chi connectivity index (χ3n) is 19.4. The van der Waals surface area contributed by atoms with Crippen molar-refractivity contribution in [2.45, 2.75) is 451 Å². The number of phosphoric acid groups is 2. The Hall–Kier alpha value is -1.94. The largest absolute Gasteiger partial charge is 0.472 e. The Bertz CT molecular complexity index is 1910. The Kier molecular flexibility index (Phi) is 72.5. The fraction of sp³-hybridized carbons (Fsp3) is 0.951. The van der Waals surface area contributed by atoms with Crippen LogP contribution in [0, 0.1) is 5.92 Å². The van der Waals surface area contributed by atoms with E-state index in [-0.39, 0.29) is 25.7 Å². The van der Waals surface area contributed by atoms with Gasteiger partial charge in [-0.3, -0.25) is 37.3 Å². The van der Waals surface area contributed by atoms with Crippen LogP contribution in [0.15, 0.2) is 0 Å². The molecule has 17 nitrogen and oxygen atoms in total. The number of rotatable bonds is 81. The summed E-state index contributed by atoms with van der Waals surface area (Å²) in [6.45, 7) is 7.33. The smallest absolute Gasteiger partial charge is 0.462 e. The second-order valence-electron chi connectivity index (χ2n) is 29.4. The average molecular weight is 1470 g/mol. The summed E-state index contributed by atoms with van der Waals surface area (Å²) in [5.74, 6) is -1.33. The molecular formula is C81H158O17P2. The number of phosphoric ester groups is 2. The van der Waals surface area contributed by atoms with Crippen LogP contribution in [0.5, 0.6) is 0 Å². The molecule has 19 heteroatoms. The lowest BCUT2D eigenvalue weighted by Crippen LogP contribution is -2.30. The summed E-state index contributed by atoms with van der Waals surface area (Å²) >= 11 is 0. The lowest BCUT2D eigenvalue weighted by Gasteiger charge is -2.21. The first-order valence-corrected chi connectivity index (χ1v) is 45.2. The Balaban J connectivity index is 5.21. The van der Waals surface area contributed by atoms with Gasteiger partial charge in [0, 0.05) is 25.7 Å². The molecule has 594 valence electrons. The minimum absolute atomic E-state index is 0.108. The topological polar surface area (TPSA) is 237 Å². The van der Waals surface area contributed by atoms with Gasteiger partial charge in [-0.25, -0.2) is 9.13 Å². The fourth-order valence-corrected chi connectivity index (χ4v) is 14.1. The molecule has 0 saturated heterocycles. The minimum Gasteiger partial charge on any atom is -0.462 e. The second-order valence-corrected chi connectivity index (χ2v) is 32.3. The van der Waals surface area contributed by atoms with Gasteiger partial charge in [-0.2, -0.15) is 0 Å². The number of hydrogen-bond donors (Lipinski definition) is 3. The van der Waals surface area contributed by atoms with Gasteiger partial charge >= 0.3 is 39.5 Å². The third kappa shape index (κ3) is 73.0. The summed E-state index contributed by atoms with van der Waals surface area (Å²) in [4.78, 5) is 73.0. The maximum atomic E-state index is 13.1. The molecule has 0 rings (SSSR count). The van der Waals surface area contributed by atoms with E-state index in [0.29, 0.717) is 25.7 Å². The Morgan fingerprint density at radius 1 is 0.280 bits per heavy atom. The number of aliphatic hydroxyl groups excluding tert-OH is 1. The highest BCUT2D eigenvalue weighted by molar-refractivity contribution is 7.47. The number of unbranched alkanes of at least 4 members (excludes halogenated alkanes) is 52. The van der Waals surface area contributed by atoms with Crippen LogP contribution in [0.4, 0.5) is 0 Å². The standard InChI is InChI=1S/C81H158O17P2/c1-6-10-13-16-19-22-25-28-29-30-31-32-33-34-35-36-39-42-45-52-57-62-67-81(86)97-76(70-91-78(83)64-59-54-49-43-40-37-26-23-20-17-14-11-7-2)72-95-99(87,88)93-68-75(82)69-94-100(89,90)96-73-77(71-92-79(84)65-60-55-50-47-46-48-53-58-63-74(5)9-4)98-80(85)66-61-56-51-44-41-38-27-24-21-18-15-12-8-3/h74-77,82H,6-73H2,1-5H3,(H,87,88)(H,89,90)/t74?,75-,76-,77-/m1/s1. The summed E-state index contributed by atoms with van der Waals surface area (Å²) in [6.07, 6.45) is 65.2. The predicted octanol–water partition coefficient (Wildman–Crippen LogP) is 24.4. The van der Waals surface area contributed by atoms with Crippen LogP contribution >= 0.6 is 15.6 Å². The summed E-state index contributed by atoms with van der Waals surface area (Å²) in [5, 5.41) is 10.6. The SMILES string of the molecule is CCCCCCCCCCCCCCCCCCCCCCCCC(=O)O[C@H](COC(=O)CCCCCCCCCCCCCCC)COP(=O)(O)OC[C@@H](O)COP(=O)(O)OC[C@@H](COC(=O)CCCCCCCCCCC(C)CC)OC(=O)CCCCCCCCCCCCCCC. The number of ether oxygens (including phenoxy) is 4. The molecule has 0 fully saturated rings. The molecule has 0 aromatic carbocycles. The Morgan fingerprint density at radius 3 is 0.710 bits per heavy atom. The first kappa shape index (κ1) is 98.1. The van der Waals surface area contributed by atoms with Crippen LogP contribution in [0.2, 0.25) is 0 Å². The number of hydrogen-bond acceptors (Lipinski definition) is 15. The van der Waals surface area contributed by atoms with Gasteiger partial charge in [0.05, 0.1) is 26.4 Å². The lowest BCUT2D eigenvalue weighted by molar-refractivity contribution is -0.161. The average Bonchev–Trinajstić information content (AvgIpc) is 1.27. The maximum absolute atomic E-state index is 13.1. The van der Waals surface area contributed by atoms with E-state index < -0.39 is 97.5 Å². The van der Waals surface area contributed by atoms with Crippen LogP contribution in [-0.2, 0) is 65.4 Å². The molecule has 0 aromatic rings. The highest BCUT2D eigenvalue weighted by Gasteiger charge is 2.30. The highest BCUT2D eigenvalue weighted by Crippen LogP contribution is 2.45. The summed E-state index contributed by atoms with van der Waals surface area (Å²) < 4.78 is 68.7. The monoisotopic (exact) mass is 1470 g/mol. The molecule has 0 aliphatic heterocycles. The zero-order valence-corrected chi connectivity index (χ0v) is 67.1. The first-order valence-electron chi connectivity index (χ1n) is 42.2. The predicted molar refractivity (Wildman–Crippen MR) is 409 cm³/mol. The molecule has 0 bridgehead atoms. The molecule has 0 aromatic heterocycles. The Labute approximate surface area is 613 Å². The van der Waals surface area contributed by atoms with Crippen molar-refractivity contribution in [2.24, 2.45) is 5.92 Å². The van der Waals surface area contributed by atoms with Crippen LogP contribution in [0.3, 0.4) is 0 Å². The van der Waals surface area contributed by atoms with Gasteiger partial charge in [0.15, 0.2) is 12.2 Å². The van der Waals surface area contributed by atoms with Gasteiger partial charge in [0.25, 0.3) is 0 Å². The van der Waals surface area contributed by atoms with Crippen LogP contribution in [-0.4, -0.2) is 96.7 Å². The molecule has 100 heavy (non-hydrogen) atoms. The zero-order valence-electron chi connectivity index (χ0n) is 65.3. The van der Waals surface area contributed by atoms with Crippen molar-refractivity contribution in [3.8, 4) is 0 Å². The number of aliphatic hydroxyl groups is 1. The van der Waals surface area contributed by atoms with Crippen molar-refractivity contribution in [1.29, 1.82) is 0 Å². The zero-order chi connectivity index (χ0) is 73.4. The molecule has 0 aliphatic rings. The second kappa shape index (κ2) is 73.9. The first-order chi connectivity index (χ1) is 48.6. The van der Waals surface area contributed by atoms with E-state index in [9.17, 15) is 43.2 Å². The van der Waals surface area contributed by atoms with E-state index >= 15 is 0 Å². The van der Waals surface area contributed by atoms with Gasteiger partial charge in [-0.15, -0.1) is 0 Å². The number of carbonyl (C=O) groups excluding carboxylic acids is 4. The summed E-state index contributed by atoms with van der Waals surface area (Å²) in [5.41, 5.74) is 0.